The zero-order valence-electron chi connectivity index (χ0n) is 9.37. The minimum Gasteiger partial charge on any atom is -0.392 e. The predicted molar refractivity (Wildman–Crippen MR) is 54.3 cm³/mol. The van der Waals surface area contributed by atoms with Crippen molar-refractivity contribution in [3.05, 3.63) is 0 Å². The smallest absolute Gasteiger partial charge is 0.392 e. The molecule has 9 heteroatoms. The van der Waals surface area contributed by atoms with Gasteiger partial charge in [0.1, 0.15) is 6.54 Å². The van der Waals surface area contributed by atoms with Crippen molar-refractivity contribution in [1.29, 1.82) is 0 Å². The SMILES string of the molecule is CC1(C)C(O)CC1NS(=O)(=O)NCC(F)(F)F. The van der Waals surface area contributed by atoms with Gasteiger partial charge in [0, 0.05) is 11.5 Å². The fourth-order valence-electron chi connectivity index (χ4n) is 1.51. The number of aliphatic hydroxyl groups excluding tert-OH is 1. The van der Waals surface area contributed by atoms with Gasteiger partial charge in [-0.1, -0.05) is 13.8 Å². The lowest BCUT2D eigenvalue weighted by atomic mass is 9.65. The molecule has 3 N–H and O–H groups in total. The van der Waals surface area contributed by atoms with E-state index in [2.05, 4.69) is 4.72 Å². The zero-order valence-corrected chi connectivity index (χ0v) is 10.2. The van der Waals surface area contributed by atoms with Gasteiger partial charge in [-0.05, 0) is 6.42 Å². The van der Waals surface area contributed by atoms with Crippen LogP contribution in [0.15, 0.2) is 0 Å². The summed E-state index contributed by atoms with van der Waals surface area (Å²) in [5, 5.41) is 9.37. The van der Waals surface area contributed by atoms with Crippen LogP contribution in [-0.2, 0) is 10.2 Å². The topological polar surface area (TPSA) is 78.4 Å². The Morgan fingerprint density at radius 2 is 1.94 bits per heavy atom. The molecule has 0 heterocycles. The molecular formula is C8H15F3N2O3S. The van der Waals surface area contributed by atoms with Gasteiger partial charge in [-0.2, -0.15) is 31.0 Å². The highest BCUT2D eigenvalue weighted by Crippen LogP contribution is 2.40. The number of nitrogens with one attached hydrogen (secondary N) is 2. The highest BCUT2D eigenvalue weighted by atomic mass is 32.2. The fourth-order valence-corrected chi connectivity index (χ4v) is 2.72. The number of alkyl halides is 3. The molecule has 0 aromatic rings. The van der Waals surface area contributed by atoms with Gasteiger partial charge in [0.2, 0.25) is 0 Å². The lowest BCUT2D eigenvalue weighted by Gasteiger charge is -2.49. The standard InChI is InChI=1S/C8H15F3N2O3S/c1-7(2)5(3-6(7)14)13-17(15,16)12-4-8(9,10)11/h5-6,12-14H,3-4H2,1-2H3. The molecule has 17 heavy (non-hydrogen) atoms. The Bertz CT molecular complexity index is 380. The minimum atomic E-state index is -4.59. The largest absolute Gasteiger partial charge is 0.402 e. The van der Waals surface area contributed by atoms with E-state index in [9.17, 15) is 26.7 Å². The summed E-state index contributed by atoms with van der Waals surface area (Å²) >= 11 is 0. The zero-order chi connectivity index (χ0) is 13.5. The molecular weight excluding hydrogens is 261 g/mol. The summed E-state index contributed by atoms with van der Waals surface area (Å²) in [6.07, 6.45) is -5.05. The molecule has 0 aromatic carbocycles. The van der Waals surface area contributed by atoms with Gasteiger partial charge in [-0.3, -0.25) is 0 Å². The Morgan fingerprint density at radius 3 is 2.29 bits per heavy atom. The molecule has 5 nitrogen and oxygen atoms in total. The van der Waals surface area contributed by atoms with Gasteiger partial charge in [0.05, 0.1) is 6.10 Å². The van der Waals surface area contributed by atoms with Crippen LogP contribution in [0.25, 0.3) is 0 Å². The van der Waals surface area contributed by atoms with Crippen molar-refractivity contribution in [2.24, 2.45) is 5.41 Å². The Hall–Kier alpha value is -0.380. The van der Waals surface area contributed by atoms with Crippen LogP contribution in [0.1, 0.15) is 20.3 Å². The van der Waals surface area contributed by atoms with E-state index in [0.29, 0.717) is 0 Å². The van der Waals surface area contributed by atoms with Gasteiger partial charge in [0.15, 0.2) is 0 Å². The third kappa shape index (κ3) is 3.80. The molecule has 0 spiro atoms. The molecule has 0 amide bonds. The van der Waals surface area contributed by atoms with Gasteiger partial charge in [-0.25, -0.2) is 0 Å². The maximum absolute atomic E-state index is 11.8. The Labute approximate surface area is 97.6 Å². The van der Waals surface area contributed by atoms with Crippen LogP contribution in [0, 0.1) is 5.41 Å². The van der Waals surface area contributed by atoms with Gasteiger partial charge in [-0.15, -0.1) is 0 Å². The number of rotatable bonds is 4. The van der Waals surface area contributed by atoms with Crippen LogP contribution < -0.4 is 9.44 Å². The summed E-state index contributed by atoms with van der Waals surface area (Å²) < 4.78 is 61.6. The van der Waals surface area contributed by atoms with E-state index in [1.54, 1.807) is 13.8 Å². The highest BCUT2D eigenvalue weighted by Gasteiger charge is 2.49. The Morgan fingerprint density at radius 1 is 1.41 bits per heavy atom. The first-order valence-corrected chi connectivity index (χ1v) is 6.44. The summed E-state index contributed by atoms with van der Waals surface area (Å²) in [5.74, 6) is 0. The molecule has 2 unspecified atom stereocenters. The quantitative estimate of drug-likeness (QED) is 0.683. The molecule has 102 valence electrons. The summed E-state index contributed by atoms with van der Waals surface area (Å²) in [6, 6.07) is -0.566. The van der Waals surface area contributed by atoms with Gasteiger partial charge in [0.25, 0.3) is 10.2 Å². The molecule has 1 fully saturated rings. The molecule has 0 aliphatic heterocycles. The Balaban J connectivity index is 2.52. The molecule has 0 saturated heterocycles. The van der Waals surface area contributed by atoms with Crippen LogP contribution in [0.3, 0.4) is 0 Å². The lowest BCUT2D eigenvalue weighted by Crippen LogP contribution is -2.62. The second kappa shape index (κ2) is 4.38. The number of halogens is 3. The first-order valence-electron chi connectivity index (χ1n) is 4.96. The van der Waals surface area contributed by atoms with Crippen molar-refractivity contribution in [1.82, 2.24) is 9.44 Å². The van der Waals surface area contributed by atoms with Crippen LogP contribution >= 0.6 is 0 Å². The minimum absolute atomic E-state index is 0.194. The van der Waals surface area contributed by atoms with Gasteiger partial charge < -0.3 is 5.11 Å². The Kier molecular flexibility index (Phi) is 3.78. The molecule has 1 rings (SSSR count). The van der Waals surface area contributed by atoms with Crippen molar-refractivity contribution >= 4 is 10.2 Å². The van der Waals surface area contributed by atoms with Crippen LogP contribution in [-0.4, -0.2) is 38.4 Å². The van der Waals surface area contributed by atoms with E-state index in [1.807, 2.05) is 0 Å². The third-order valence-electron chi connectivity index (χ3n) is 2.98. The number of aliphatic hydroxyl groups is 1. The summed E-state index contributed by atoms with van der Waals surface area (Å²) in [4.78, 5) is 0. The fraction of sp³-hybridized carbons (Fsp3) is 1.00. The molecule has 0 bridgehead atoms. The normalized spacial score (nSPS) is 28.8. The second-order valence-corrected chi connectivity index (χ2v) is 6.21. The van der Waals surface area contributed by atoms with E-state index >= 15 is 0 Å². The van der Waals surface area contributed by atoms with E-state index < -0.39 is 40.5 Å². The average molecular weight is 276 g/mol. The highest BCUT2D eigenvalue weighted by molar-refractivity contribution is 7.87. The van der Waals surface area contributed by atoms with E-state index in [-0.39, 0.29) is 6.42 Å². The van der Waals surface area contributed by atoms with E-state index in [1.165, 1.54) is 4.72 Å². The average Bonchev–Trinajstić information content (AvgIpc) is 2.13. The molecule has 0 aromatic heterocycles. The molecule has 2 atom stereocenters. The summed E-state index contributed by atoms with van der Waals surface area (Å²) in [5.41, 5.74) is -0.674. The van der Waals surface area contributed by atoms with Gasteiger partial charge >= 0.3 is 6.18 Å². The first-order chi connectivity index (χ1) is 7.44. The molecule has 1 aliphatic carbocycles. The summed E-state index contributed by atoms with van der Waals surface area (Å²) in [7, 11) is -4.20. The molecule has 0 radical (unpaired) electrons. The molecule has 1 aliphatic rings. The maximum atomic E-state index is 11.8. The van der Waals surface area contributed by atoms with Crippen molar-refractivity contribution in [3.63, 3.8) is 0 Å². The van der Waals surface area contributed by atoms with Crippen molar-refractivity contribution in [3.8, 4) is 0 Å². The number of hydrogen-bond acceptors (Lipinski definition) is 3. The van der Waals surface area contributed by atoms with Crippen LogP contribution in [0.5, 0.6) is 0 Å². The van der Waals surface area contributed by atoms with Crippen molar-refractivity contribution < 1.29 is 26.7 Å². The predicted octanol–water partition coefficient (Wildman–Crippen LogP) is 0.132. The van der Waals surface area contributed by atoms with Crippen molar-refractivity contribution in [2.75, 3.05) is 6.54 Å². The maximum Gasteiger partial charge on any atom is 0.402 e. The second-order valence-electron chi connectivity index (χ2n) is 4.68. The van der Waals surface area contributed by atoms with Crippen LogP contribution in [0.4, 0.5) is 13.2 Å². The van der Waals surface area contributed by atoms with E-state index in [0.717, 1.165) is 0 Å². The van der Waals surface area contributed by atoms with E-state index in [4.69, 9.17) is 0 Å². The summed E-state index contributed by atoms with van der Waals surface area (Å²) in [6.45, 7) is 1.66. The van der Waals surface area contributed by atoms with Crippen LogP contribution in [0.2, 0.25) is 0 Å². The lowest BCUT2D eigenvalue weighted by molar-refractivity contribution is -0.121. The number of hydrogen-bond donors (Lipinski definition) is 3. The first kappa shape index (κ1) is 14.7. The monoisotopic (exact) mass is 276 g/mol. The van der Waals surface area contributed by atoms with Crippen molar-refractivity contribution in [2.45, 2.75) is 38.6 Å². The third-order valence-corrected chi connectivity index (χ3v) is 4.10. The molecule has 1 saturated carbocycles.